The van der Waals surface area contributed by atoms with Crippen molar-refractivity contribution in [1.82, 2.24) is 5.32 Å². The summed E-state index contributed by atoms with van der Waals surface area (Å²) in [6, 6.07) is 10.5. The highest BCUT2D eigenvalue weighted by Crippen LogP contribution is 2.43. The Kier molecular flexibility index (Phi) is 8.33. The van der Waals surface area contributed by atoms with Crippen LogP contribution >= 0.6 is 0 Å². The van der Waals surface area contributed by atoms with Crippen LogP contribution in [0, 0.1) is 5.82 Å². The number of rotatable bonds is 9. The van der Waals surface area contributed by atoms with Crippen molar-refractivity contribution in [1.29, 1.82) is 0 Å². The van der Waals surface area contributed by atoms with Crippen LogP contribution in [-0.4, -0.2) is 49.7 Å². The van der Waals surface area contributed by atoms with E-state index in [1.165, 1.54) is 18.4 Å². The van der Waals surface area contributed by atoms with E-state index in [2.05, 4.69) is 5.32 Å². The number of amides is 1. The van der Waals surface area contributed by atoms with Gasteiger partial charge in [0.05, 0.1) is 6.42 Å². The van der Waals surface area contributed by atoms with Crippen LogP contribution in [0.15, 0.2) is 52.9 Å². The number of allylic oxidation sites excluding steroid dienone is 2. The van der Waals surface area contributed by atoms with Crippen molar-refractivity contribution in [2.45, 2.75) is 30.7 Å². The highest BCUT2D eigenvalue weighted by molar-refractivity contribution is 7.84. The molecule has 34 heavy (non-hydrogen) atoms. The molecule has 1 aliphatic rings. The number of hydrogen-bond donors (Lipinski definition) is 2. The number of carboxylic acid groups (broad SMARTS) is 1. The third kappa shape index (κ3) is 6.15. The number of halogens is 1. The zero-order chi connectivity index (χ0) is 25.0. The van der Waals surface area contributed by atoms with Gasteiger partial charge in [-0.25, -0.2) is 9.18 Å². The molecule has 0 aromatic heterocycles. The number of hydrogen-bond acceptors (Lipinski definition) is 4. The first-order chi connectivity index (χ1) is 16.1. The maximum atomic E-state index is 14.1. The van der Waals surface area contributed by atoms with E-state index in [1.54, 1.807) is 24.5 Å². The number of nitrogens with one attached hydrogen (secondary N) is 1. The molecule has 9 heteroatoms. The molecular formula is C25H26FNO5S2. The summed E-state index contributed by atoms with van der Waals surface area (Å²) >= 11 is 0. The summed E-state index contributed by atoms with van der Waals surface area (Å²) in [6.45, 7) is 1.84. The van der Waals surface area contributed by atoms with Crippen molar-refractivity contribution in [3.05, 3.63) is 70.5 Å². The molecule has 0 spiro atoms. The van der Waals surface area contributed by atoms with Gasteiger partial charge in [0, 0.05) is 44.8 Å². The monoisotopic (exact) mass is 503 g/mol. The summed E-state index contributed by atoms with van der Waals surface area (Å²) in [5, 5.41) is 11.9. The summed E-state index contributed by atoms with van der Waals surface area (Å²) in [7, 11) is -2.27. The summed E-state index contributed by atoms with van der Waals surface area (Å²) in [5.41, 5.74) is 4.48. The number of aliphatic carboxylic acids is 1. The molecule has 2 aromatic rings. The molecule has 0 heterocycles. The van der Waals surface area contributed by atoms with Gasteiger partial charge < -0.3 is 10.4 Å². The first-order valence-corrected chi connectivity index (χ1v) is 13.8. The van der Waals surface area contributed by atoms with E-state index in [1.807, 2.05) is 25.1 Å². The molecule has 3 unspecified atom stereocenters. The van der Waals surface area contributed by atoms with Crippen LogP contribution in [0.1, 0.15) is 36.5 Å². The predicted octanol–water partition coefficient (Wildman–Crippen LogP) is 3.62. The summed E-state index contributed by atoms with van der Waals surface area (Å²) < 4.78 is 37.1. The number of fused-ring (bicyclic) bond motifs is 1. The van der Waals surface area contributed by atoms with Crippen LogP contribution in [0.5, 0.6) is 0 Å². The van der Waals surface area contributed by atoms with Gasteiger partial charge in [0.15, 0.2) is 0 Å². The third-order valence-electron chi connectivity index (χ3n) is 5.64. The van der Waals surface area contributed by atoms with Gasteiger partial charge in [0.1, 0.15) is 11.9 Å². The molecule has 0 radical (unpaired) electrons. The van der Waals surface area contributed by atoms with Crippen LogP contribution in [0.4, 0.5) is 4.39 Å². The minimum absolute atomic E-state index is 0.0527. The van der Waals surface area contributed by atoms with Crippen molar-refractivity contribution in [3.63, 3.8) is 0 Å². The Hall–Kier alpha value is -2.91. The molecule has 1 amide bonds. The molecule has 0 aliphatic heterocycles. The van der Waals surface area contributed by atoms with Gasteiger partial charge >= 0.3 is 5.97 Å². The molecule has 0 saturated carbocycles. The van der Waals surface area contributed by atoms with Crippen LogP contribution in [-0.2, 0) is 31.2 Å². The Balaban J connectivity index is 1.91. The number of carboxylic acids is 1. The van der Waals surface area contributed by atoms with Gasteiger partial charge in [0.25, 0.3) is 0 Å². The largest absolute Gasteiger partial charge is 0.480 e. The normalized spacial score (nSPS) is 16.8. The van der Waals surface area contributed by atoms with Crippen LogP contribution in [0.25, 0.3) is 17.2 Å². The topological polar surface area (TPSA) is 101 Å². The Morgan fingerprint density at radius 3 is 2.35 bits per heavy atom. The Labute approximate surface area is 202 Å². The second-order valence-corrected chi connectivity index (χ2v) is 11.0. The fourth-order valence-electron chi connectivity index (χ4n) is 3.85. The zero-order valence-electron chi connectivity index (χ0n) is 19.1. The Morgan fingerprint density at radius 1 is 1.09 bits per heavy atom. The number of benzene rings is 2. The van der Waals surface area contributed by atoms with E-state index >= 15 is 0 Å². The lowest BCUT2D eigenvalue weighted by atomic mass is 10.0. The molecule has 2 aromatic carbocycles. The molecule has 3 atom stereocenters. The third-order valence-corrected chi connectivity index (χ3v) is 7.39. The second-order valence-electron chi connectivity index (χ2n) is 8.08. The summed E-state index contributed by atoms with van der Waals surface area (Å²) in [6.07, 6.45) is 4.94. The van der Waals surface area contributed by atoms with Crippen molar-refractivity contribution in [3.8, 4) is 0 Å². The first kappa shape index (κ1) is 25.7. The zero-order valence-corrected chi connectivity index (χ0v) is 20.7. The van der Waals surface area contributed by atoms with Crippen molar-refractivity contribution < 1.29 is 27.5 Å². The van der Waals surface area contributed by atoms with E-state index < -0.39 is 45.3 Å². The minimum atomic E-state index is -1.19. The lowest BCUT2D eigenvalue weighted by Crippen LogP contribution is -2.41. The molecule has 2 N–H and O–H groups in total. The molecule has 0 bridgehead atoms. The first-order valence-electron chi connectivity index (χ1n) is 10.5. The van der Waals surface area contributed by atoms with Gasteiger partial charge in [-0.2, -0.15) is 0 Å². The van der Waals surface area contributed by atoms with Gasteiger partial charge in [-0.15, -0.1) is 0 Å². The molecular weight excluding hydrogens is 477 g/mol. The van der Waals surface area contributed by atoms with E-state index in [-0.39, 0.29) is 18.6 Å². The lowest BCUT2D eigenvalue weighted by molar-refractivity contribution is -0.141. The van der Waals surface area contributed by atoms with Crippen molar-refractivity contribution in [2.75, 3.05) is 18.3 Å². The maximum absolute atomic E-state index is 14.1. The lowest BCUT2D eigenvalue weighted by Gasteiger charge is -2.15. The molecule has 0 saturated heterocycles. The van der Waals surface area contributed by atoms with E-state index in [0.717, 1.165) is 22.3 Å². The van der Waals surface area contributed by atoms with Gasteiger partial charge in [-0.05, 0) is 77.1 Å². The van der Waals surface area contributed by atoms with E-state index in [0.29, 0.717) is 16.0 Å². The highest BCUT2D eigenvalue weighted by atomic mass is 32.2. The Bertz CT molecular complexity index is 1230. The molecule has 0 fully saturated rings. The number of carbonyl (C=O) groups is 2. The average Bonchev–Trinajstić information content (AvgIpc) is 3.01. The second kappa shape index (κ2) is 11.0. The molecule has 6 nitrogen and oxygen atoms in total. The van der Waals surface area contributed by atoms with Crippen LogP contribution in [0.2, 0.25) is 0 Å². The van der Waals surface area contributed by atoms with E-state index in [9.17, 15) is 27.5 Å². The van der Waals surface area contributed by atoms with Gasteiger partial charge in [-0.1, -0.05) is 18.2 Å². The molecule has 180 valence electrons. The fourth-order valence-corrected chi connectivity index (χ4v) is 4.94. The van der Waals surface area contributed by atoms with Crippen molar-refractivity contribution >= 4 is 50.7 Å². The minimum Gasteiger partial charge on any atom is -0.480 e. The smallest absolute Gasteiger partial charge is 0.326 e. The molecule has 1 aliphatic carbocycles. The van der Waals surface area contributed by atoms with Gasteiger partial charge in [0.2, 0.25) is 5.91 Å². The Morgan fingerprint density at radius 2 is 1.76 bits per heavy atom. The van der Waals surface area contributed by atoms with Crippen molar-refractivity contribution in [2.24, 2.45) is 0 Å². The quantitative estimate of drug-likeness (QED) is 0.545. The number of carbonyl (C=O) groups excluding carboxylic acids is 1. The summed E-state index contributed by atoms with van der Waals surface area (Å²) in [5.74, 6) is -1.98. The SMILES string of the molecule is CC1=C(CC(=O)NC(CCS(C)=O)C(=O)O)c2cc(F)ccc2/C1=C\c1ccc(S(C)=O)cc1. The van der Waals surface area contributed by atoms with E-state index in [4.69, 9.17) is 0 Å². The fraction of sp³-hybridized carbons (Fsp3) is 0.280. The maximum Gasteiger partial charge on any atom is 0.326 e. The standard InChI is InChI=1S/C25H26FNO5S2/c1-15-20(12-16-4-7-18(8-5-16)34(3)32)19-9-6-17(26)13-22(19)21(15)14-24(28)27-23(25(29)30)10-11-33(2)31/h4-9,12-13,23H,10-11,14H2,1-3H3,(H,27,28)(H,29,30)/b20-12-. The van der Waals surface area contributed by atoms with Crippen LogP contribution < -0.4 is 5.32 Å². The molecule has 3 rings (SSSR count). The highest BCUT2D eigenvalue weighted by Gasteiger charge is 2.27. The van der Waals surface area contributed by atoms with Crippen LogP contribution in [0.3, 0.4) is 0 Å². The van der Waals surface area contributed by atoms with Gasteiger partial charge in [-0.3, -0.25) is 13.2 Å². The summed E-state index contributed by atoms with van der Waals surface area (Å²) in [4.78, 5) is 25.0. The predicted molar refractivity (Wildman–Crippen MR) is 133 cm³/mol. The average molecular weight is 504 g/mol.